The van der Waals surface area contributed by atoms with E-state index in [1.807, 2.05) is 6.07 Å². The summed E-state index contributed by atoms with van der Waals surface area (Å²) in [6, 6.07) is 12.8. The Hall–Kier alpha value is -2.46. The summed E-state index contributed by atoms with van der Waals surface area (Å²) in [6.07, 6.45) is -1.08. The second-order valence-electron chi connectivity index (χ2n) is 6.94. The molecule has 1 aliphatic heterocycles. The van der Waals surface area contributed by atoms with E-state index >= 15 is 0 Å². The molecule has 0 bridgehead atoms. The van der Waals surface area contributed by atoms with E-state index < -0.39 is 28.0 Å². The van der Waals surface area contributed by atoms with Gasteiger partial charge in [0.1, 0.15) is 4.90 Å². The summed E-state index contributed by atoms with van der Waals surface area (Å²) in [6.45, 7) is 2.43. The van der Waals surface area contributed by atoms with Gasteiger partial charge in [-0.05, 0) is 37.3 Å². The third kappa shape index (κ3) is 5.24. The number of morpholine rings is 1. The number of carbonyl (C=O) groups excluding carboxylic acids is 2. The topological polar surface area (TPSA) is 93.2 Å². The molecule has 0 saturated carbocycles. The number of anilines is 1. The normalized spacial score (nSPS) is 15.8. The van der Waals surface area contributed by atoms with E-state index in [0.717, 1.165) is 0 Å². The zero-order valence-corrected chi connectivity index (χ0v) is 18.7. The van der Waals surface area contributed by atoms with Crippen LogP contribution in [0.5, 0.6) is 0 Å². The first-order valence-corrected chi connectivity index (χ1v) is 11.4. The number of nitrogens with zero attached hydrogens (tertiary/aromatic N) is 2. The lowest BCUT2D eigenvalue weighted by molar-refractivity contribution is -0.126. The van der Waals surface area contributed by atoms with Gasteiger partial charge in [-0.25, -0.2) is 13.2 Å². The van der Waals surface area contributed by atoms with Gasteiger partial charge < -0.3 is 14.4 Å². The fraction of sp³-hybridized carbons (Fsp3) is 0.333. The number of rotatable bonds is 6. The molecule has 2 aromatic carbocycles. The standard InChI is InChI=1S/C21H23ClN2O6S/c1-15(20(25)23(2)17-6-4-3-5-7-17)30-21(26)16-8-9-18(22)19(14-16)31(27,28)24-10-12-29-13-11-24/h3-9,14-15H,10-13H2,1-2H3. The third-order valence-electron chi connectivity index (χ3n) is 4.86. The van der Waals surface area contributed by atoms with E-state index in [0.29, 0.717) is 5.69 Å². The SMILES string of the molecule is CC(OC(=O)c1ccc(Cl)c(S(=O)(=O)N2CCOCC2)c1)C(=O)N(C)c1ccccc1. The second-order valence-corrected chi connectivity index (χ2v) is 9.26. The van der Waals surface area contributed by atoms with E-state index in [4.69, 9.17) is 21.1 Å². The number of benzene rings is 2. The van der Waals surface area contributed by atoms with Crippen LogP contribution in [0.2, 0.25) is 5.02 Å². The Morgan fingerprint density at radius 3 is 2.42 bits per heavy atom. The van der Waals surface area contributed by atoms with Crippen LogP contribution in [0.3, 0.4) is 0 Å². The minimum absolute atomic E-state index is 0.00372. The molecule has 1 saturated heterocycles. The lowest BCUT2D eigenvalue weighted by Crippen LogP contribution is -2.40. The van der Waals surface area contributed by atoms with Crippen LogP contribution in [0.4, 0.5) is 5.69 Å². The number of amides is 1. The van der Waals surface area contributed by atoms with Crippen molar-refractivity contribution in [3.63, 3.8) is 0 Å². The lowest BCUT2D eigenvalue weighted by Gasteiger charge is -2.26. The Labute approximate surface area is 186 Å². The molecule has 10 heteroatoms. The summed E-state index contributed by atoms with van der Waals surface area (Å²) < 4.78 is 37.6. The minimum Gasteiger partial charge on any atom is -0.449 e. The van der Waals surface area contributed by atoms with Crippen LogP contribution in [0.25, 0.3) is 0 Å². The summed E-state index contributed by atoms with van der Waals surface area (Å²) in [5.41, 5.74) is 0.638. The molecular formula is C21H23ClN2O6S. The summed E-state index contributed by atoms with van der Waals surface area (Å²) in [5.74, 6) is -1.24. The van der Waals surface area contributed by atoms with Gasteiger partial charge >= 0.3 is 5.97 Å². The van der Waals surface area contributed by atoms with Crippen molar-refractivity contribution >= 4 is 39.2 Å². The van der Waals surface area contributed by atoms with Crippen molar-refractivity contribution in [3.05, 3.63) is 59.1 Å². The van der Waals surface area contributed by atoms with Crippen LogP contribution in [0.15, 0.2) is 53.4 Å². The minimum atomic E-state index is -3.90. The van der Waals surface area contributed by atoms with Gasteiger partial charge in [0.2, 0.25) is 10.0 Å². The van der Waals surface area contributed by atoms with Crippen LogP contribution in [0, 0.1) is 0 Å². The highest BCUT2D eigenvalue weighted by Crippen LogP contribution is 2.27. The third-order valence-corrected chi connectivity index (χ3v) is 7.24. The molecule has 31 heavy (non-hydrogen) atoms. The number of likely N-dealkylation sites (N-methyl/N-ethyl adjacent to an activating group) is 1. The Kier molecular flexibility index (Phi) is 7.32. The Morgan fingerprint density at radius 1 is 1.13 bits per heavy atom. The van der Waals surface area contributed by atoms with Crippen LogP contribution in [0.1, 0.15) is 17.3 Å². The van der Waals surface area contributed by atoms with Gasteiger partial charge in [0.15, 0.2) is 6.10 Å². The number of halogens is 1. The molecule has 1 atom stereocenters. The maximum Gasteiger partial charge on any atom is 0.338 e. The number of hydrogen-bond donors (Lipinski definition) is 0. The zero-order valence-electron chi connectivity index (χ0n) is 17.2. The van der Waals surface area contributed by atoms with Crippen molar-refractivity contribution < 1.29 is 27.5 Å². The average Bonchev–Trinajstić information content (AvgIpc) is 2.79. The van der Waals surface area contributed by atoms with Gasteiger partial charge in [-0.1, -0.05) is 29.8 Å². The highest BCUT2D eigenvalue weighted by molar-refractivity contribution is 7.89. The Balaban J connectivity index is 1.76. The number of sulfonamides is 1. The number of hydrogen-bond acceptors (Lipinski definition) is 6. The number of esters is 1. The molecule has 1 unspecified atom stereocenters. The first-order valence-electron chi connectivity index (χ1n) is 9.63. The van der Waals surface area contributed by atoms with Gasteiger partial charge in [0.05, 0.1) is 23.8 Å². The second kappa shape index (κ2) is 9.78. The fourth-order valence-corrected chi connectivity index (χ4v) is 4.99. The van der Waals surface area contributed by atoms with E-state index in [1.165, 1.54) is 34.3 Å². The molecule has 1 aliphatic rings. The van der Waals surface area contributed by atoms with Gasteiger partial charge in [0.25, 0.3) is 5.91 Å². The number of ether oxygens (including phenoxy) is 2. The first-order chi connectivity index (χ1) is 14.7. The molecule has 8 nitrogen and oxygen atoms in total. The largest absolute Gasteiger partial charge is 0.449 e. The van der Waals surface area contributed by atoms with Crippen molar-refractivity contribution in [3.8, 4) is 0 Å². The zero-order chi connectivity index (χ0) is 22.6. The van der Waals surface area contributed by atoms with Crippen molar-refractivity contribution in [2.24, 2.45) is 0 Å². The summed E-state index contributed by atoms with van der Waals surface area (Å²) in [5, 5.41) is -0.00372. The molecule has 2 aromatic rings. The summed E-state index contributed by atoms with van der Waals surface area (Å²) >= 11 is 6.12. The van der Waals surface area contributed by atoms with Gasteiger partial charge in [-0.2, -0.15) is 4.31 Å². The predicted molar refractivity (Wildman–Crippen MR) is 116 cm³/mol. The molecule has 1 amide bonds. The molecule has 0 aromatic heterocycles. The molecule has 166 valence electrons. The average molecular weight is 467 g/mol. The van der Waals surface area contributed by atoms with Crippen LogP contribution >= 0.6 is 11.6 Å². The molecule has 1 heterocycles. The molecular weight excluding hydrogens is 444 g/mol. The first kappa shape index (κ1) is 23.2. The van der Waals surface area contributed by atoms with Crippen molar-refractivity contribution in [1.82, 2.24) is 4.31 Å². The van der Waals surface area contributed by atoms with Gasteiger partial charge in [-0.3, -0.25) is 4.79 Å². The van der Waals surface area contributed by atoms with Crippen LogP contribution < -0.4 is 4.90 Å². The monoisotopic (exact) mass is 466 g/mol. The summed E-state index contributed by atoms with van der Waals surface area (Å²) in [7, 11) is -2.32. The van der Waals surface area contributed by atoms with Gasteiger partial charge in [0, 0.05) is 25.8 Å². The lowest BCUT2D eigenvalue weighted by atomic mass is 10.2. The molecule has 1 fully saturated rings. The van der Waals surface area contributed by atoms with E-state index in [-0.39, 0.29) is 41.8 Å². The Morgan fingerprint density at radius 2 is 1.77 bits per heavy atom. The maximum absolute atomic E-state index is 12.9. The smallest absolute Gasteiger partial charge is 0.338 e. The van der Waals surface area contributed by atoms with E-state index in [9.17, 15) is 18.0 Å². The fourth-order valence-electron chi connectivity index (χ4n) is 3.08. The highest BCUT2D eigenvalue weighted by atomic mass is 35.5. The van der Waals surface area contributed by atoms with Crippen molar-refractivity contribution in [2.45, 2.75) is 17.9 Å². The van der Waals surface area contributed by atoms with Crippen molar-refractivity contribution in [1.29, 1.82) is 0 Å². The summed E-state index contributed by atoms with van der Waals surface area (Å²) in [4.78, 5) is 26.4. The molecule has 3 rings (SSSR count). The molecule has 0 N–H and O–H groups in total. The molecule has 0 aliphatic carbocycles. The maximum atomic E-state index is 12.9. The van der Waals surface area contributed by atoms with E-state index in [1.54, 1.807) is 31.3 Å². The number of carbonyl (C=O) groups is 2. The Bertz CT molecular complexity index is 1050. The molecule has 0 spiro atoms. The quantitative estimate of drug-likeness (QED) is 0.607. The molecule has 0 radical (unpaired) electrons. The highest BCUT2D eigenvalue weighted by Gasteiger charge is 2.30. The van der Waals surface area contributed by atoms with Crippen molar-refractivity contribution in [2.75, 3.05) is 38.3 Å². The number of para-hydroxylation sites is 1. The van der Waals surface area contributed by atoms with Gasteiger partial charge in [-0.15, -0.1) is 0 Å². The predicted octanol–water partition coefficient (Wildman–Crippen LogP) is 2.57. The van der Waals surface area contributed by atoms with Crippen LogP contribution in [-0.4, -0.2) is 64.1 Å². The van der Waals surface area contributed by atoms with E-state index in [2.05, 4.69) is 0 Å². The van der Waals surface area contributed by atoms with Crippen LogP contribution in [-0.2, 0) is 24.3 Å².